The minimum Gasteiger partial charge on any atom is -0.480 e. The number of carbonyl (C=O) groups excluding carboxylic acids is 1. The SMILES string of the molecule is COc1nccc(C)c1NC(=O)c1cccnc1NC1CC1. The summed E-state index contributed by atoms with van der Waals surface area (Å²) in [7, 11) is 1.53. The van der Waals surface area contributed by atoms with Crippen molar-refractivity contribution < 1.29 is 9.53 Å². The zero-order valence-corrected chi connectivity index (χ0v) is 12.6. The van der Waals surface area contributed by atoms with E-state index in [1.54, 1.807) is 24.5 Å². The monoisotopic (exact) mass is 298 g/mol. The summed E-state index contributed by atoms with van der Waals surface area (Å²) in [6.07, 6.45) is 5.56. The molecule has 0 aromatic carbocycles. The van der Waals surface area contributed by atoms with Crippen LogP contribution in [0.25, 0.3) is 0 Å². The third-order valence-electron chi connectivity index (χ3n) is 3.53. The van der Waals surface area contributed by atoms with Crippen molar-refractivity contribution in [2.24, 2.45) is 0 Å². The van der Waals surface area contributed by atoms with Crippen LogP contribution in [0, 0.1) is 6.92 Å². The van der Waals surface area contributed by atoms with Crippen LogP contribution in [0.4, 0.5) is 11.5 Å². The second-order valence-corrected chi connectivity index (χ2v) is 5.28. The van der Waals surface area contributed by atoms with Crippen molar-refractivity contribution in [1.29, 1.82) is 0 Å². The summed E-state index contributed by atoms with van der Waals surface area (Å²) in [4.78, 5) is 21.0. The molecule has 1 amide bonds. The summed E-state index contributed by atoms with van der Waals surface area (Å²) in [6, 6.07) is 5.76. The largest absolute Gasteiger partial charge is 0.480 e. The lowest BCUT2D eigenvalue weighted by Gasteiger charge is -2.13. The molecule has 6 heteroatoms. The fourth-order valence-electron chi connectivity index (χ4n) is 2.15. The molecule has 0 unspecified atom stereocenters. The van der Waals surface area contributed by atoms with Crippen LogP contribution in [0.2, 0.25) is 0 Å². The molecule has 1 saturated carbocycles. The van der Waals surface area contributed by atoms with Gasteiger partial charge in [0.25, 0.3) is 5.91 Å². The summed E-state index contributed by atoms with van der Waals surface area (Å²) in [6.45, 7) is 1.90. The Morgan fingerprint density at radius 2 is 2.09 bits per heavy atom. The van der Waals surface area contributed by atoms with Crippen LogP contribution in [-0.2, 0) is 0 Å². The van der Waals surface area contributed by atoms with Crippen LogP contribution < -0.4 is 15.4 Å². The molecule has 0 atom stereocenters. The average molecular weight is 298 g/mol. The number of nitrogens with one attached hydrogen (secondary N) is 2. The van der Waals surface area contributed by atoms with Crippen LogP contribution in [0.15, 0.2) is 30.6 Å². The van der Waals surface area contributed by atoms with Crippen molar-refractivity contribution in [3.63, 3.8) is 0 Å². The Morgan fingerprint density at radius 3 is 2.82 bits per heavy atom. The molecule has 1 fully saturated rings. The number of nitrogens with zero attached hydrogens (tertiary/aromatic N) is 2. The molecule has 1 aliphatic rings. The molecule has 0 radical (unpaired) electrons. The van der Waals surface area contributed by atoms with Crippen molar-refractivity contribution in [1.82, 2.24) is 9.97 Å². The van der Waals surface area contributed by atoms with Crippen molar-refractivity contribution in [2.75, 3.05) is 17.7 Å². The summed E-state index contributed by atoms with van der Waals surface area (Å²) < 4.78 is 5.21. The maximum atomic E-state index is 12.6. The van der Waals surface area contributed by atoms with Crippen LogP contribution in [0.1, 0.15) is 28.8 Å². The minimum absolute atomic E-state index is 0.231. The molecule has 2 N–H and O–H groups in total. The quantitative estimate of drug-likeness (QED) is 0.887. The van der Waals surface area contributed by atoms with Gasteiger partial charge in [-0.2, -0.15) is 0 Å². The van der Waals surface area contributed by atoms with Gasteiger partial charge in [0.05, 0.1) is 12.7 Å². The van der Waals surface area contributed by atoms with Gasteiger partial charge < -0.3 is 15.4 Å². The van der Waals surface area contributed by atoms with Gasteiger partial charge in [-0.15, -0.1) is 0 Å². The highest BCUT2D eigenvalue weighted by Gasteiger charge is 2.24. The fraction of sp³-hybridized carbons (Fsp3) is 0.312. The van der Waals surface area contributed by atoms with Crippen molar-refractivity contribution in [2.45, 2.75) is 25.8 Å². The van der Waals surface area contributed by atoms with Crippen LogP contribution in [-0.4, -0.2) is 29.0 Å². The number of methoxy groups -OCH3 is 1. The van der Waals surface area contributed by atoms with E-state index in [-0.39, 0.29) is 5.91 Å². The van der Waals surface area contributed by atoms with Gasteiger partial charge in [0.2, 0.25) is 5.88 Å². The lowest BCUT2D eigenvalue weighted by molar-refractivity contribution is 0.102. The molecule has 0 spiro atoms. The third-order valence-corrected chi connectivity index (χ3v) is 3.53. The smallest absolute Gasteiger partial charge is 0.259 e. The number of amides is 1. The Kier molecular flexibility index (Phi) is 3.91. The number of pyridine rings is 2. The molecule has 0 saturated heterocycles. The van der Waals surface area contributed by atoms with Gasteiger partial charge in [0.1, 0.15) is 11.5 Å². The Hall–Kier alpha value is -2.63. The molecular formula is C16H18N4O2. The Morgan fingerprint density at radius 1 is 1.27 bits per heavy atom. The van der Waals surface area contributed by atoms with Crippen molar-refractivity contribution in [3.8, 4) is 5.88 Å². The number of hydrogen-bond donors (Lipinski definition) is 2. The molecule has 0 bridgehead atoms. The number of ether oxygens (including phenoxy) is 1. The molecule has 3 rings (SSSR count). The normalized spacial score (nSPS) is 13.5. The molecule has 6 nitrogen and oxygen atoms in total. The third kappa shape index (κ3) is 3.00. The number of rotatable bonds is 5. The maximum Gasteiger partial charge on any atom is 0.259 e. The lowest BCUT2D eigenvalue weighted by atomic mass is 10.2. The van der Waals surface area contributed by atoms with E-state index >= 15 is 0 Å². The molecule has 22 heavy (non-hydrogen) atoms. The summed E-state index contributed by atoms with van der Waals surface area (Å²) >= 11 is 0. The van der Waals surface area contributed by atoms with E-state index < -0.39 is 0 Å². The van der Waals surface area contributed by atoms with Gasteiger partial charge in [-0.3, -0.25) is 4.79 Å². The van der Waals surface area contributed by atoms with Gasteiger partial charge in [-0.25, -0.2) is 9.97 Å². The van der Waals surface area contributed by atoms with E-state index in [2.05, 4.69) is 20.6 Å². The first kappa shape index (κ1) is 14.3. The highest BCUT2D eigenvalue weighted by molar-refractivity contribution is 6.08. The summed E-state index contributed by atoms with van der Waals surface area (Å²) in [5, 5.41) is 6.15. The first-order valence-corrected chi connectivity index (χ1v) is 7.21. The molecule has 2 heterocycles. The minimum atomic E-state index is -0.231. The number of aryl methyl sites for hydroxylation is 1. The molecule has 1 aliphatic carbocycles. The van der Waals surface area contributed by atoms with Crippen molar-refractivity contribution >= 4 is 17.4 Å². The average Bonchev–Trinajstić information content (AvgIpc) is 3.33. The molecular weight excluding hydrogens is 280 g/mol. The lowest BCUT2D eigenvalue weighted by Crippen LogP contribution is -2.17. The first-order valence-electron chi connectivity index (χ1n) is 7.21. The second kappa shape index (κ2) is 6.01. The zero-order valence-electron chi connectivity index (χ0n) is 12.6. The van der Waals surface area contributed by atoms with Gasteiger partial charge in [0.15, 0.2) is 0 Å². The fourth-order valence-corrected chi connectivity index (χ4v) is 2.15. The molecule has 2 aromatic rings. The number of hydrogen-bond acceptors (Lipinski definition) is 5. The standard InChI is InChI=1S/C16H18N4O2/c1-10-7-9-18-16(22-2)13(10)20-15(21)12-4-3-8-17-14(12)19-11-5-6-11/h3-4,7-9,11H,5-6H2,1-2H3,(H,17,19)(H,20,21). The van der Waals surface area contributed by atoms with Crippen molar-refractivity contribution in [3.05, 3.63) is 41.7 Å². The zero-order chi connectivity index (χ0) is 15.5. The van der Waals surface area contributed by atoms with E-state index in [1.807, 2.05) is 13.0 Å². The molecule has 2 aromatic heterocycles. The van der Waals surface area contributed by atoms with E-state index in [0.717, 1.165) is 18.4 Å². The number of anilines is 2. The van der Waals surface area contributed by atoms with Crippen LogP contribution in [0.5, 0.6) is 5.88 Å². The Labute approximate surface area is 128 Å². The van der Waals surface area contributed by atoms with E-state index in [9.17, 15) is 4.79 Å². The van der Waals surface area contributed by atoms with E-state index in [4.69, 9.17) is 4.74 Å². The first-order chi connectivity index (χ1) is 10.7. The predicted molar refractivity (Wildman–Crippen MR) is 84.4 cm³/mol. The topological polar surface area (TPSA) is 76.1 Å². The van der Waals surface area contributed by atoms with E-state index in [1.165, 1.54) is 7.11 Å². The number of aromatic nitrogens is 2. The van der Waals surface area contributed by atoms with Gasteiger partial charge >= 0.3 is 0 Å². The summed E-state index contributed by atoms with van der Waals surface area (Å²) in [5.74, 6) is 0.780. The number of carbonyl (C=O) groups is 1. The summed E-state index contributed by atoms with van der Waals surface area (Å²) in [5.41, 5.74) is 1.98. The van der Waals surface area contributed by atoms with Crippen LogP contribution >= 0.6 is 0 Å². The van der Waals surface area contributed by atoms with E-state index in [0.29, 0.717) is 29.0 Å². The highest BCUT2D eigenvalue weighted by Crippen LogP contribution is 2.28. The highest BCUT2D eigenvalue weighted by atomic mass is 16.5. The predicted octanol–water partition coefficient (Wildman–Crippen LogP) is 2.62. The van der Waals surface area contributed by atoms with Crippen LogP contribution in [0.3, 0.4) is 0 Å². The van der Waals surface area contributed by atoms with Gasteiger partial charge in [-0.05, 0) is 43.5 Å². The second-order valence-electron chi connectivity index (χ2n) is 5.28. The molecule has 114 valence electrons. The maximum absolute atomic E-state index is 12.6. The Bertz CT molecular complexity index is 698. The van der Waals surface area contributed by atoms with Gasteiger partial charge in [-0.1, -0.05) is 0 Å². The molecule has 0 aliphatic heterocycles. The van der Waals surface area contributed by atoms with Gasteiger partial charge in [0, 0.05) is 18.4 Å². The Balaban J connectivity index is 1.86.